The molecule has 4 nitrogen and oxygen atoms in total. The average molecular weight is 305 g/mol. The van der Waals surface area contributed by atoms with Crippen molar-refractivity contribution in [2.24, 2.45) is 0 Å². The predicted molar refractivity (Wildman–Crippen MR) is 80.7 cm³/mol. The Morgan fingerprint density at radius 3 is 2.70 bits per heavy atom. The molecule has 102 valence electrons. The number of phenols is 1. The zero-order chi connectivity index (χ0) is 14.2. The van der Waals surface area contributed by atoms with Crippen molar-refractivity contribution in [3.63, 3.8) is 0 Å². The Morgan fingerprint density at radius 1 is 1.05 bits per heavy atom. The highest BCUT2D eigenvalue weighted by atomic mass is 32.2. The SMILES string of the molecule is O=S(=O)(Nc1ccc2sccc2c1)c1cccc(O)c1. The molecule has 2 N–H and O–H groups in total. The quantitative estimate of drug-likeness (QED) is 0.779. The van der Waals surface area contributed by atoms with Gasteiger partial charge in [-0.15, -0.1) is 11.3 Å². The van der Waals surface area contributed by atoms with Gasteiger partial charge in [-0.3, -0.25) is 4.72 Å². The highest BCUT2D eigenvalue weighted by Gasteiger charge is 2.14. The van der Waals surface area contributed by atoms with Gasteiger partial charge in [-0.25, -0.2) is 8.42 Å². The number of hydrogen-bond acceptors (Lipinski definition) is 4. The molecule has 0 unspecified atom stereocenters. The largest absolute Gasteiger partial charge is 0.508 e. The van der Waals surface area contributed by atoms with Crippen LogP contribution in [0.1, 0.15) is 0 Å². The van der Waals surface area contributed by atoms with E-state index in [-0.39, 0.29) is 10.6 Å². The summed E-state index contributed by atoms with van der Waals surface area (Å²) in [6.45, 7) is 0. The molecule has 0 fully saturated rings. The van der Waals surface area contributed by atoms with Crippen LogP contribution in [0.5, 0.6) is 5.75 Å². The van der Waals surface area contributed by atoms with E-state index < -0.39 is 10.0 Å². The fraction of sp³-hybridized carbons (Fsp3) is 0. The van der Waals surface area contributed by atoms with Gasteiger partial charge in [0.25, 0.3) is 10.0 Å². The number of anilines is 1. The first-order valence-electron chi connectivity index (χ1n) is 5.84. The Bertz CT molecular complexity index is 869. The molecule has 0 spiro atoms. The summed E-state index contributed by atoms with van der Waals surface area (Å²) >= 11 is 1.60. The fourth-order valence-corrected chi connectivity index (χ4v) is 3.75. The first-order chi connectivity index (χ1) is 9.54. The van der Waals surface area contributed by atoms with Crippen LogP contribution in [0.2, 0.25) is 0 Å². The Morgan fingerprint density at radius 2 is 1.90 bits per heavy atom. The summed E-state index contributed by atoms with van der Waals surface area (Å²) in [5.74, 6) is -0.0823. The average Bonchev–Trinajstić information content (AvgIpc) is 2.85. The Kier molecular flexibility index (Phi) is 3.11. The molecule has 0 saturated carbocycles. The molecule has 0 aliphatic rings. The summed E-state index contributed by atoms with van der Waals surface area (Å²) in [6, 6.07) is 12.9. The van der Waals surface area contributed by atoms with E-state index in [0.717, 1.165) is 10.1 Å². The van der Waals surface area contributed by atoms with Crippen LogP contribution in [0.3, 0.4) is 0 Å². The molecule has 1 heterocycles. The van der Waals surface area contributed by atoms with Crippen LogP contribution < -0.4 is 4.72 Å². The van der Waals surface area contributed by atoms with Gasteiger partial charge in [0.1, 0.15) is 5.75 Å². The standard InChI is InChI=1S/C14H11NO3S2/c16-12-2-1-3-13(9-12)20(17,18)15-11-4-5-14-10(8-11)6-7-19-14/h1-9,15-16H. The third-order valence-electron chi connectivity index (χ3n) is 2.83. The summed E-state index contributed by atoms with van der Waals surface area (Å²) in [5, 5.41) is 12.3. The summed E-state index contributed by atoms with van der Waals surface area (Å²) in [4.78, 5) is 0.0305. The van der Waals surface area contributed by atoms with Gasteiger partial charge in [-0.05, 0) is 47.2 Å². The van der Waals surface area contributed by atoms with Gasteiger partial charge < -0.3 is 5.11 Å². The van der Waals surface area contributed by atoms with Crippen molar-refractivity contribution >= 4 is 37.1 Å². The van der Waals surface area contributed by atoms with Crippen molar-refractivity contribution in [2.75, 3.05) is 4.72 Å². The third-order valence-corrected chi connectivity index (χ3v) is 5.11. The van der Waals surface area contributed by atoms with Crippen molar-refractivity contribution < 1.29 is 13.5 Å². The molecule has 0 aliphatic heterocycles. The molecule has 6 heteroatoms. The maximum Gasteiger partial charge on any atom is 0.262 e. The molecule has 3 aromatic rings. The first-order valence-corrected chi connectivity index (χ1v) is 8.20. The Hall–Kier alpha value is -2.05. The van der Waals surface area contributed by atoms with E-state index in [0.29, 0.717) is 5.69 Å². The fourth-order valence-electron chi connectivity index (χ4n) is 1.89. The zero-order valence-corrected chi connectivity index (χ0v) is 11.9. The van der Waals surface area contributed by atoms with Crippen LogP contribution in [-0.2, 0) is 10.0 Å². The second-order valence-corrected chi connectivity index (χ2v) is 6.91. The van der Waals surface area contributed by atoms with E-state index in [4.69, 9.17) is 0 Å². The monoisotopic (exact) mass is 305 g/mol. The molecule has 0 aliphatic carbocycles. The molecule has 2 aromatic carbocycles. The Balaban J connectivity index is 1.96. The minimum absolute atomic E-state index is 0.0305. The number of phenolic OH excluding ortho intramolecular Hbond substituents is 1. The lowest BCUT2D eigenvalue weighted by Gasteiger charge is -2.08. The molecule has 1 aromatic heterocycles. The number of thiophene rings is 1. The lowest BCUT2D eigenvalue weighted by Crippen LogP contribution is -2.12. The van der Waals surface area contributed by atoms with Crippen molar-refractivity contribution in [3.05, 3.63) is 53.9 Å². The molecule has 0 radical (unpaired) electrons. The van der Waals surface area contributed by atoms with Crippen molar-refractivity contribution in [2.45, 2.75) is 4.90 Å². The molecule has 3 rings (SSSR count). The molecule has 0 amide bonds. The van der Waals surface area contributed by atoms with Crippen molar-refractivity contribution in [3.8, 4) is 5.75 Å². The van der Waals surface area contributed by atoms with Gasteiger partial charge in [0, 0.05) is 16.5 Å². The summed E-state index contributed by atoms with van der Waals surface area (Å²) < 4.78 is 28.0. The molecule has 0 saturated heterocycles. The summed E-state index contributed by atoms with van der Waals surface area (Å²) in [6.07, 6.45) is 0. The van der Waals surface area contributed by atoms with Gasteiger partial charge in [0.15, 0.2) is 0 Å². The minimum atomic E-state index is -3.69. The van der Waals surface area contributed by atoms with Crippen molar-refractivity contribution in [1.82, 2.24) is 0 Å². The van der Waals surface area contributed by atoms with E-state index in [2.05, 4.69) is 4.72 Å². The van der Waals surface area contributed by atoms with Crippen LogP contribution in [0.25, 0.3) is 10.1 Å². The molecule has 0 bridgehead atoms. The normalized spacial score (nSPS) is 11.6. The number of sulfonamides is 1. The lowest BCUT2D eigenvalue weighted by molar-refractivity contribution is 0.473. The third kappa shape index (κ3) is 2.48. The van der Waals surface area contributed by atoms with Crippen molar-refractivity contribution in [1.29, 1.82) is 0 Å². The number of fused-ring (bicyclic) bond motifs is 1. The number of hydrogen-bond donors (Lipinski definition) is 2. The Labute approximate surface area is 120 Å². The number of nitrogens with one attached hydrogen (secondary N) is 1. The number of rotatable bonds is 3. The topological polar surface area (TPSA) is 66.4 Å². The van der Waals surface area contributed by atoms with E-state index in [9.17, 15) is 13.5 Å². The van der Waals surface area contributed by atoms with Crippen LogP contribution >= 0.6 is 11.3 Å². The summed E-state index contributed by atoms with van der Waals surface area (Å²) in [7, 11) is -3.69. The smallest absolute Gasteiger partial charge is 0.262 e. The van der Waals surface area contributed by atoms with Crippen LogP contribution in [0.4, 0.5) is 5.69 Å². The van der Waals surface area contributed by atoms with E-state index in [1.807, 2.05) is 17.5 Å². The molecular formula is C14H11NO3S2. The second-order valence-electron chi connectivity index (χ2n) is 4.28. The van der Waals surface area contributed by atoms with Crippen LogP contribution in [-0.4, -0.2) is 13.5 Å². The van der Waals surface area contributed by atoms with Crippen LogP contribution in [0, 0.1) is 0 Å². The maximum absolute atomic E-state index is 12.2. The second kappa shape index (κ2) is 4.81. The zero-order valence-electron chi connectivity index (χ0n) is 10.3. The van der Waals surface area contributed by atoms with Gasteiger partial charge in [0.2, 0.25) is 0 Å². The van der Waals surface area contributed by atoms with Gasteiger partial charge >= 0.3 is 0 Å². The highest BCUT2D eigenvalue weighted by Crippen LogP contribution is 2.26. The minimum Gasteiger partial charge on any atom is -0.508 e. The lowest BCUT2D eigenvalue weighted by atomic mass is 10.2. The number of benzene rings is 2. The number of aromatic hydroxyl groups is 1. The summed E-state index contributed by atoms with van der Waals surface area (Å²) in [5.41, 5.74) is 0.499. The molecule has 20 heavy (non-hydrogen) atoms. The van der Waals surface area contributed by atoms with E-state index in [1.165, 1.54) is 24.3 Å². The predicted octanol–water partition coefficient (Wildman–Crippen LogP) is 3.41. The van der Waals surface area contributed by atoms with Gasteiger partial charge in [0.05, 0.1) is 4.90 Å². The van der Waals surface area contributed by atoms with Gasteiger partial charge in [-0.2, -0.15) is 0 Å². The molecular weight excluding hydrogens is 294 g/mol. The molecule has 0 atom stereocenters. The first kappa shape index (κ1) is 13.0. The van der Waals surface area contributed by atoms with E-state index in [1.54, 1.807) is 23.5 Å². The van der Waals surface area contributed by atoms with E-state index >= 15 is 0 Å². The highest BCUT2D eigenvalue weighted by molar-refractivity contribution is 7.92. The van der Waals surface area contributed by atoms with Gasteiger partial charge in [-0.1, -0.05) is 6.07 Å². The van der Waals surface area contributed by atoms with Crippen LogP contribution in [0.15, 0.2) is 58.8 Å². The maximum atomic E-state index is 12.2.